The van der Waals surface area contributed by atoms with Crippen LogP contribution in [0.2, 0.25) is 0 Å². The van der Waals surface area contributed by atoms with Crippen LogP contribution in [-0.4, -0.2) is 43.2 Å². The molecule has 0 saturated carbocycles. The predicted octanol–water partition coefficient (Wildman–Crippen LogP) is 8.54. The van der Waals surface area contributed by atoms with E-state index in [2.05, 4.69) is 23.4 Å². The predicted molar refractivity (Wildman–Crippen MR) is 141 cm³/mol. The zero-order valence-corrected chi connectivity index (χ0v) is 22.1. The summed E-state index contributed by atoms with van der Waals surface area (Å²) in [4.78, 5) is 2.41. The minimum absolute atomic E-state index is 0.358. The van der Waals surface area contributed by atoms with Crippen LogP contribution < -0.4 is 0 Å². The van der Waals surface area contributed by atoms with Gasteiger partial charge in [-0.2, -0.15) is 0 Å². The van der Waals surface area contributed by atoms with Crippen molar-refractivity contribution in [3.8, 4) is 0 Å². The Balaban J connectivity index is 1.27. The molecular weight excluding hydrogens is 414 g/mol. The van der Waals surface area contributed by atoms with Gasteiger partial charge in [0.2, 0.25) is 0 Å². The highest BCUT2D eigenvalue weighted by Crippen LogP contribution is 2.25. The molecule has 32 heavy (non-hydrogen) atoms. The van der Waals surface area contributed by atoms with Gasteiger partial charge in [0.1, 0.15) is 0 Å². The monoisotopic (exact) mass is 467 g/mol. The molecule has 2 aliphatic rings. The van der Waals surface area contributed by atoms with Crippen LogP contribution in [0, 0.1) is 5.92 Å². The average Bonchev–Trinajstić information content (AvgIpc) is 3.48. The van der Waals surface area contributed by atoms with E-state index in [0.29, 0.717) is 6.10 Å². The van der Waals surface area contributed by atoms with Crippen LogP contribution in [0.1, 0.15) is 122 Å². The molecule has 188 valence electrons. The van der Waals surface area contributed by atoms with E-state index in [1.807, 2.05) is 11.8 Å². The van der Waals surface area contributed by atoms with Crippen molar-refractivity contribution in [1.29, 1.82) is 0 Å². The van der Waals surface area contributed by atoms with E-state index in [0.717, 1.165) is 31.6 Å². The number of hydrogen-bond acceptors (Lipinski definition) is 4. The third-order valence-electron chi connectivity index (χ3n) is 7.03. The van der Waals surface area contributed by atoms with Crippen molar-refractivity contribution in [2.24, 2.45) is 5.92 Å². The lowest BCUT2D eigenvalue weighted by Gasteiger charge is -2.14. The Morgan fingerprint density at radius 1 is 0.844 bits per heavy atom. The Bertz CT molecular complexity index is 445. The second kappa shape index (κ2) is 20.2. The van der Waals surface area contributed by atoms with E-state index in [4.69, 9.17) is 9.47 Å². The molecule has 0 aromatic carbocycles. The Labute approximate surface area is 204 Å². The van der Waals surface area contributed by atoms with Crippen molar-refractivity contribution < 1.29 is 9.47 Å². The molecule has 2 aliphatic heterocycles. The number of nitrogens with zero attached hydrogens (tertiary/aromatic N) is 1. The normalized spacial score (nSPS) is 20.6. The number of rotatable bonds is 22. The van der Waals surface area contributed by atoms with E-state index < -0.39 is 0 Å². The Morgan fingerprint density at radius 3 is 2.19 bits per heavy atom. The average molecular weight is 468 g/mol. The Morgan fingerprint density at radius 2 is 1.50 bits per heavy atom. The Kier molecular flexibility index (Phi) is 17.7. The molecule has 0 spiro atoms. The summed E-state index contributed by atoms with van der Waals surface area (Å²) in [5.41, 5.74) is 0. The molecule has 2 unspecified atom stereocenters. The SMILES string of the molecule is CCCCCCCCCCCCCCC1COC(COCCCCCCN2C=CSC2)C1. The summed E-state index contributed by atoms with van der Waals surface area (Å²) in [6, 6.07) is 0. The van der Waals surface area contributed by atoms with E-state index in [1.165, 1.54) is 122 Å². The van der Waals surface area contributed by atoms with E-state index in [1.54, 1.807) is 0 Å². The fourth-order valence-corrected chi connectivity index (χ4v) is 5.66. The smallest absolute Gasteiger partial charge is 0.0812 e. The summed E-state index contributed by atoms with van der Waals surface area (Å²) >= 11 is 1.89. The van der Waals surface area contributed by atoms with E-state index in [-0.39, 0.29) is 0 Å². The van der Waals surface area contributed by atoms with Gasteiger partial charge in [-0.1, -0.05) is 96.8 Å². The number of thioether (sulfide) groups is 1. The molecule has 0 N–H and O–H groups in total. The number of unbranched alkanes of at least 4 members (excludes halogenated alkanes) is 14. The summed E-state index contributed by atoms with van der Waals surface area (Å²) in [6.07, 6.45) is 27.5. The maximum Gasteiger partial charge on any atom is 0.0812 e. The first-order valence-electron chi connectivity index (χ1n) is 14.1. The molecule has 2 heterocycles. The zero-order valence-electron chi connectivity index (χ0n) is 21.2. The van der Waals surface area contributed by atoms with Crippen molar-refractivity contribution in [3.63, 3.8) is 0 Å². The van der Waals surface area contributed by atoms with Crippen molar-refractivity contribution in [2.75, 3.05) is 32.2 Å². The summed E-state index contributed by atoms with van der Waals surface area (Å²) in [7, 11) is 0. The van der Waals surface area contributed by atoms with Crippen LogP contribution in [0.3, 0.4) is 0 Å². The lowest BCUT2D eigenvalue weighted by atomic mass is 9.97. The fourth-order valence-electron chi connectivity index (χ4n) is 4.91. The van der Waals surface area contributed by atoms with Crippen LogP contribution in [-0.2, 0) is 9.47 Å². The minimum Gasteiger partial charge on any atom is -0.379 e. The van der Waals surface area contributed by atoms with Gasteiger partial charge in [0.15, 0.2) is 0 Å². The standard InChI is InChI=1S/C28H53NO2S/c1-2-3-4-5-6-7-8-9-10-11-12-15-18-27-23-28(31-24-27)25-30-21-17-14-13-16-19-29-20-22-32-26-29/h20,22,27-28H,2-19,21,23-26H2,1H3. The van der Waals surface area contributed by atoms with Crippen LogP contribution in [0.15, 0.2) is 11.6 Å². The molecule has 0 aromatic heterocycles. The van der Waals surface area contributed by atoms with Gasteiger partial charge in [0.25, 0.3) is 0 Å². The molecule has 0 radical (unpaired) electrons. The van der Waals surface area contributed by atoms with Crippen LogP contribution in [0.5, 0.6) is 0 Å². The lowest BCUT2D eigenvalue weighted by Crippen LogP contribution is -2.15. The van der Waals surface area contributed by atoms with Gasteiger partial charge in [0.05, 0.1) is 18.6 Å². The van der Waals surface area contributed by atoms with E-state index in [9.17, 15) is 0 Å². The second-order valence-electron chi connectivity index (χ2n) is 10.1. The van der Waals surface area contributed by atoms with Gasteiger partial charge in [-0.25, -0.2) is 0 Å². The molecule has 1 saturated heterocycles. The summed E-state index contributed by atoms with van der Waals surface area (Å²) in [6.45, 7) is 6.19. The lowest BCUT2D eigenvalue weighted by molar-refractivity contribution is 0.0153. The first kappa shape index (κ1) is 28.1. The summed E-state index contributed by atoms with van der Waals surface area (Å²) < 4.78 is 11.9. The molecular formula is C28H53NO2S. The highest BCUT2D eigenvalue weighted by atomic mass is 32.2. The van der Waals surface area contributed by atoms with Crippen LogP contribution in [0.25, 0.3) is 0 Å². The minimum atomic E-state index is 0.358. The summed E-state index contributed by atoms with van der Waals surface area (Å²) in [5, 5.41) is 2.20. The maximum atomic E-state index is 5.99. The van der Waals surface area contributed by atoms with Gasteiger partial charge < -0.3 is 14.4 Å². The number of ether oxygens (including phenoxy) is 2. The van der Waals surface area contributed by atoms with Gasteiger partial charge >= 0.3 is 0 Å². The highest BCUT2D eigenvalue weighted by molar-refractivity contribution is 8.02. The molecule has 0 bridgehead atoms. The third kappa shape index (κ3) is 14.9. The quantitative estimate of drug-likeness (QED) is 0.149. The zero-order chi connectivity index (χ0) is 22.5. The van der Waals surface area contributed by atoms with E-state index >= 15 is 0 Å². The van der Waals surface area contributed by atoms with Gasteiger partial charge in [-0.3, -0.25) is 0 Å². The Hall–Kier alpha value is -0.190. The maximum absolute atomic E-state index is 5.99. The second-order valence-corrected chi connectivity index (χ2v) is 11.0. The van der Waals surface area contributed by atoms with Crippen LogP contribution in [0.4, 0.5) is 0 Å². The van der Waals surface area contributed by atoms with Crippen molar-refractivity contribution in [2.45, 2.75) is 129 Å². The molecule has 0 aromatic rings. The molecule has 0 aliphatic carbocycles. The fraction of sp³-hybridized carbons (Fsp3) is 0.929. The number of hydrogen-bond donors (Lipinski definition) is 0. The highest BCUT2D eigenvalue weighted by Gasteiger charge is 2.24. The first-order chi connectivity index (χ1) is 15.9. The topological polar surface area (TPSA) is 21.7 Å². The first-order valence-corrected chi connectivity index (χ1v) is 15.1. The molecule has 2 rings (SSSR count). The summed E-state index contributed by atoms with van der Waals surface area (Å²) in [5.74, 6) is 1.93. The van der Waals surface area contributed by atoms with Crippen molar-refractivity contribution in [1.82, 2.24) is 4.90 Å². The van der Waals surface area contributed by atoms with Crippen LogP contribution >= 0.6 is 11.8 Å². The molecule has 3 nitrogen and oxygen atoms in total. The molecule has 1 fully saturated rings. The van der Waals surface area contributed by atoms with Gasteiger partial charge in [-0.15, -0.1) is 11.8 Å². The largest absolute Gasteiger partial charge is 0.379 e. The van der Waals surface area contributed by atoms with Gasteiger partial charge in [-0.05, 0) is 37.0 Å². The molecule has 4 heteroatoms. The third-order valence-corrected chi connectivity index (χ3v) is 7.82. The molecule has 2 atom stereocenters. The van der Waals surface area contributed by atoms with Gasteiger partial charge in [0, 0.05) is 26.0 Å². The van der Waals surface area contributed by atoms with Crippen molar-refractivity contribution in [3.05, 3.63) is 11.6 Å². The molecule has 0 amide bonds. The van der Waals surface area contributed by atoms with Crippen molar-refractivity contribution >= 4 is 11.8 Å².